The quantitative estimate of drug-likeness (QED) is 0.782. The summed E-state index contributed by atoms with van der Waals surface area (Å²) in [7, 11) is 1.69. The number of carbonyl (C=O) groups excluding carboxylic acids is 1. The Labute approximate surface area is 139 Å². The van der Waals surface area contributed by atoms with Crippen molar-refractivity contribution >= 4 is 5.91 Å². The lowest BCUT2D eigenvalue weighted by Crippen LogP contribution is -2.65. The molecule has 2 fully saturated rings. The van der Waals surface area contributed by atoms with Crippen LogP contribution < -0.4 is 0 Å². The maximum Gasteiger partial charge on any atom is 0.230 e. The minimum absolute atomic E-state index is 0.0621. The van der Waals surface area contributed by atoms with Gasteiger partial charge in [-0.2, -0.15) is 0 Å². The summed E-state index contributed by atoms with van der Waals surface area (Å²) >= 11 is 0. The first-order valence-corrected chi connectivity index (χ1v) is 8.61. The first-order chi connectivity index (χ1) is 11.0. The van der Waals surface area contributed by atoms with Crippen LogP contribution >= 0.6 is 0 Å². The van der Waals surface area contributed by atoms with Crippen LogP contribution in [0.15, 0.2) is 18.2 Å². The van der Waals surface area contributed by atoms with Gasteiger partial charge in [-0.1, -0.05) is 18.2 Å². The topological polar surface area (TPSA) is 32.8 Å². The Hall–Kier alpha value is -1.39. The predicted octanol–water partition coefficient (Wildman–Crippen LogP) is 2.37. The van der Waals surface area contributed by atoms with E-state index in [0.717, 1.165) is 45.6 Å². The highest BCUT2D eigenvalue weighted by Crippen LogP contribution is 2.41. The second-order valence-corrected chi connectivity index (χ2v) is 7.19. The van der Waals surface area contributed by atoms with E-state index >= 15 is 0 Å². The molecule has 0 aromatic heterocycles. The van der Waals surface area contributed by atoms with Crippen molar-refractivity contribution in [3.8, 4) is 0 Å². The number of β-lactam (4-membered cyclic amide) rings is 1. The van der Waals surface area contributed by atoms with Crippen molar-refractivity contribution < 1.29 is 9.53 Å². The molecule has 0 radical (unpaired) electrons. The van der Waals surface area contributed by atoms with Gasteiger partial charge in [-0.15, -0.1) is 0 Å². The molecule has 0 saturated carbocycles. The summed E-state index contributed by atoms with van der Waals surface area (Å²) in [4.78, 5) is 16.9. The largest absolute Gasteiger partial charge is 0.383 e. The summed E-state index contributed by atoms with van der Waals surface area (Å²) in [6.45, 7) is 9.68. The van der Waals surface area contributed by atoms with Gasteiger partial charge in [0.1, 0.15) is 0 Å². The molecular weight excluding hydrogens is 288 g/mol. The fourth-order valence-electron chi connectivity index (χ4n) is 3.80. The molecule has 0 bridgehead atoms. The van der Waals surface area contributed by atoms with Gasteiger partial charge in [-0.05, 0) is 56.5 Å². The highest BCUT2D eigenvalue weighted by atomic mass is 16.5. The molecule has 0 aliphatic carbocycles. The molecule has 0 N–H and O–H groups in total. The fraction of sp³-hybridized carbons (Fsp3) is 0.632. The molecule has 2 aliphatic heterocycles. The van der Waals surface area contributed by atoms with E-state index in [-0.39, 0.29) is 5.41 Å². The molecule has 1 aromatic carbocycles. The van der Waals surface area contributed by atoms with Gasteiger partial charge in [-0.3, -0.25) is 9.69 Å². The molecule has 1 aromatic rings. The van der Waals surface area contributed by atoms with Crippen molar-refractivity contribution in [3.63, 3.8) is 0 Å². The molecule has 2 saturated heterocycles. The van der Waals surface area contributed by atoms with E-state index in [1.54, 1.807) is 7.11 Å². The van der Waals surface area contributed by atoms with E-state index in [1.165, 1.54) is 16.7 Å². The minimum Gasteiger partial charge on any atom is -0.383 e. The zero-order valence-electron chi connectivity index (χ0n) is 14.6. The molecule has 2 heterocycles. The highest BCUT2D eigenvalue weighted by molar-refractivity contribution is 5.89. The number of hydrogen-bond acceptors (Lipinski definition) is 3. The van der Waals surface area contributed by atoms with Gasteiger partial charge in [0, 0.05) is 26.7 Å². The first kappa shape index (κ1) is 16.5. The molecule has 4 nitrogen and oxygen atoms in total. The van der Waals surface area contributed by atoms with Crippen molar-refractivity contribution in [1.29, 1.82) is 0 Å². The van der Waals surface area contributed by atoms with Gasteiger partial charge in [0.15, 0.2) is 0 Å². The number of carbonyl (C=O) groups is 1. The second kappa shape index (κ2) is 6.62. The van der Waals surface area contributed by atoms with E-state index in [9.17, 15) is 4.79 Å². The summed E-state index contributed by atoms with van der Waals surface area (Å²) in [5, 5.41) is 0. The highest BCUT2D eigenvalue weighted by Gasteiger charge is 2.52. The third kappa shape index (κ3) is 3.29. The third-order valence-corrected chi connectivity index (χ3v) is 5.59. The van der Waals surface area contributed by atoms with E-state index in [4.69, 9.17) is 4.74 Å². The Balaban J connectivity index is 1.51. The molecular formula is C19H28N2O2. The van der Waals surface area contributed by atoms with Crippen molar-refractivity contribution in [2.45, 2.75) is 33.2 Å². The van der Waals surface area contributed by atoms with Crippen molar-refractivity contribution in [3.05, 3.63) is 34.9 Å². The van der Waals surface area contributed by atoms with Crippen LogP contribution in [0.2, 0.25) is 0 Å². The van der Waals surface area contributed by atoms with Crippen LogP contribution in [-0.2, 0) is 16.1 Å². The zero-order valence-corrected chi connectivity index (χ0v) is 14.6. The number of nitrogens with zero attached hydrogens (tertiary/aromatic N) is 2. The van der Waals surface area contributed by atoms with E-state index in [2.05, 4.69) is 36.9 Å². The Morgan fingerprint density at radius 1 is 1.17 bits per heavy atom. The standard InChI is InChI=1S/C19H28N2O2/c1-15-4-5-17(12-16(15)2)13-20-8-6-19(7-9-20)14-21(18(19)22)10-11-23-3/h4-5,12H,6-11,13-14H2,1-3H3. The minimum atomic E-state index is -0.0621. The van der Waals surface area contributed by atoms with E-state index in [0.29, 0.717) is 12.5 Å². The molecule has 1 spiro atoms. The number of ether oxygens (including phenoxy) is 1. The van der Waals surface area contributed by atoms with Gasteiger partial charge in [0.2, 0.25) is 5.91 Å². The first-order valence-electron chi connectivity index (χ1n) is 8.61. The van der Waals surface area contributed by atoms with Gasteiger partial charge in [-0.25, -0.2) is 0 Å². The van der Waals surface area contributed by atoms with Crippen LogP contribution in [0.3, 0.4) is 0 Å². The van der Waals surface area contributed by atoms with E-state index < -0.39 is 0 Å². The Morgan fingerprint density at radius 3 is 2.52 bits per heavy atom. The normalized spacial score (nSPS) is 20.8. The van der Waals surface area contributed by atoms with Crippen LogP contribution in [0.5, 0.6) is 0 Å². The predicted molar refractivity (Wildman–Crippen MR) is 91.3 cm³/mol. The van der Waals surface area contributed by atoms with Crippen molar-refractivity contribution in [2.75, 3.05) is 39.9 Å². The molecule has 0 atom stereocenters. The number of piperidine rings is 1. The van der Waals surface area contributed by atoms with Gasteiger partial charge in [0.25, 0.3) is 0 Å². The average molecular weight is 316 g/mol. The third-order valence-electron chi connectivity index (χ3n) is 5.59. The summed E-state index contributed by atoms with van der Waals surface area (Å²) < 4.78 is 5.07. The van der Waals surface area contributed by atoms with Gasteiger partial charge in [0.05, 0.1) is 12.0 Å². The number of benzene rings is 1. The number of aryl methyl sites for hydroxylation is 2. The Morgan fingerprint density at radius 2 is 1.91 bits per heavy atom. The molecule has 4 heteroatoms. The lowest BCUT2D eigenvalue weighted by Gasteiger charge is -2.52. The summed E-state index contributed by atoms with van der Waals surface area (Å²) in [5.74, 6) is 0.348. The van der Waals surface area contributed by atoms with Crippen molar-refractivity contribution in [1.82, 2.24) is 9.80 Å². The fourth-order valence-corrected chi connectivity index (χ4v) is 3.80. The molecule has 3 rings (SSSR count). The number of rotatable bonds is 5. The smallest absolute Gasteiger partial charge is 0.230 e. The molecule has 23 heavy (non-hydrogen) atoms. The van der Waals surface area contributed by atoms with Gasteiger partial charge >= 0.3 is 0 Å². The van der Waals surface area contributed by atoms with Crippen LogP contribution in [0.25, 0.3) is 0 Å². The Kier molecular flexibility index (Phi) is 4.74. The second-order valence-electron chi connectivity index (χ2n) is 7.19. The maximum atomic E-state index is 12.4. The summed E-state index contributed by atoms with van der Waals surface area (Å²) in [6, 6.07) is 6.73. The number of methoxy groups -OCH3 is 1. The number of amides is 1. The molecule has 1 amide bonds. The Bertz CT molecular complexity index is 577. The van der Waals surface area contributed by atoms with Gasteiger partial charge < -0.3 is 9.64 Å². The summed E-state index contributed by atoms with van der Waals surface area (Å²) in [5.41, 5.74) is 4.03. The van der Waals surface area contributed by atoms with Crippen LogP contribution in [0.1, 0.15) is 29.5 Å². The maximum absolute atomic E-state index is 12.4. The van der Waals surface area contributed by atoms with Crippen LogP contribution in [0.4, 0.5) is 0 Å². The number of likely N-dealkylation sites (tertiary alicyclic amines) is 2. The monoisotopic (exact) mass is 316 g/mol. The lowest BCUT2D eigenvalue weighted by molar-refractivity contribution is -0.166. The lowest BCUT2D eigenvalue weighted by atomic mass is 9.71. The van der Waals surface area contributed by atoms with Crippen LogP contribution in [0, 0.1) is 19.3 Å². The van der Waals surface area contributed by atoms with Crippen molar-refractivity contribution in [2.24, 2.45) is 5.41 Å². The average Bonchev–Trinajstić information content (AvgIpc) is 2.56. The SMILES string of the molecule is COCCN1CC2(CCN(Cc3ccc(C)c(C)c3)CC2)C1=O. The molecule has 0 unspecified atom stereocenters. The number of hydrogen-bond donors (Lipinski definition) is 0. The molecule has 2 aliphatic rings. The van der Waals surface area contributed by atoms with E-state index in [1.807, 2.05) is 4.90 Å². The zero-order chi connectivity index (χ0) is 16.4. The summed E-state index contributed by atoms with van der Waals surface area (Å²) in [6.07, 6.45) is 2.00. The van der Waals surface area contributed by atoms with Crippen LogP contribution in [-0.4, -0.2) is 55.6 Å². The molecule has 126 valence electrons.